The van der Waals surface area contributed by atoms with Crippen LogP contribution < -0.4 is 5.32 Å². The number of alkyl carbamates (subject to hydrolysis) is 1. The lowest BCUT2D eigenvalue weighted by Crippen LogP contribution is -2.34. The van der Waals surface area contributed by atoms with Crippen LogP contribution in [0.25, 0.3) is 0 Å². The highest BCUT2D eigenvalue weighted by Gasteiger charge is 2.14. The Bertz CT molecular complexity index is 755. The van der Waals surface area contributed by atoms with E-state index in [4.69, 9.17) is 9.47 Å². The van der Waals surface area contributed by atoms with E-state index in [1.165, 1.54) is 4.90 Å². The van der Waals surface area contributed by atoms with E-state index in [1.54, 1.807) is 0 Å². The molecule has 31 heavy (non-hydrogen) atoms. The SMILES string of the molecule is O=C(NCCCCCCN(CCO)C(=O)OCc1ccccc1)OCc1ccccc1. The third kappa shape index (κ3) is 10.5. The number of nitrogens with zero attached hydrogens (tertiary/aromatic N) is 1. The summed E-state index contributed by atoms with van der Waals surface area (Å²) in [5, 5.41) is 12.0. The maximum absolute atomic E-state index is 12.2. The summed E-state index contributed by atoms with van der Waals surface area (Å²) < 4.78 is 10.5. The van der Waals surface area contributed by atoms with Gasteiger partial charge in [-0.2, -0.15) is 0 Å². The fourth-order valence-electron chi connectivity index (χ4n) is 2.97. The van der Waals surface area contributed by atoms with Crippen LogP contribution in [-0.2, 0) is 22.7 Å². The molecule has 0 radical (unpaired) electrons. The van der Waals surface area contributed by atoms with Crippen molar-refractivity contribution in [3.8, 4) is 0 Å². The molecule has 0 atom stereocenters. The van der Waals surface area contributed by atoms with E-state index in [2.05, 4.69) is 5.32 Å². The first-order valence-electron chi connectivity index (χ1n) is 10.7. The number of unbranched alkanes of at least 4 members (excludes halogenated alkanes) is 3. The Morgan fingerprint density at radius 3 is 1.97 bits per heavy atom. The number of nitrogens with one attached hydrogen (secondary N) is 1. The molecule has 168 valence electrons. The normalized spacial score (nSPS) is 10.4. The van der Waals surface area contributed by atoms with Crippen LogP contribution in [0.2, 0.25) is 0 Å². The van der Waals surface area contributed by atoms with E-state index in [0.717, 1.165) is 36.8 Å². The van der Waals surface area contributed by atoms with Crippen molar-refractivity contribution < 1.29 is 24.2 Å². The first-order chi connectivity index (χ1) is 15.2. The van der Waals surface area contributed by atoms with Crippen LogP contribution >= 0.6 is 0 Å². The van der Waals surface area contributed by atoms with E-state index in [-0.39, 0.29) is 26.4 Å². The van der Waals surface area contributed by atoms with Gasteiger partial charge >= 0.3 is 12.2 Å². The Morgan fingerprint density at radius 1 is 0.774 bits per heavy atom. The number of aliphatic hydroxyl groups excluding tert-OH is 1. The largest absolute Gasteiger partial charge is 0.445 e. The number of hydrogen-bond donors (Lipinski definition) is 2. The van der Waals surface area contributed by atoms with E-state index in [0.29, 0.717) is 13.1 Å². The third-order valence-electron chi connectivity index (χ3n) is 4.67. The predicted molar refractivity (Wildman–Crippen MR) is 118 cm³/mol. The Labute approximate surface area is 184 Å². The Hall–Kier alpha value is -3.06. The second-order valence-corrected chi connectivity index (χ2v) is 7.15. The third-order valence-corrected chi connectivity index (χ3v) is 4.67. The molecule has 0 spiro atoms. The second kappa shape index (κ2) is 14.8. The molecule has 2 N–H and O–H groups in total. The summed E-state index contributed by atoms with van der Waals surface area (Å²) in [6.07, 6.45) is 2.64. The molecule has 0 aromatic heterocycles. The van der Waals surface area contributed by atoms with Crippen LogP contribution in [0.1, 0.15) is 36.8 Å². The molecule has 7 nitrogen and oxygen atoms in total. The Morgan fingerprint density at radius 2 is 1.35 bits per heavy atom. The minimum atomic E-state index is -0.417. The summed E-state index contributed by atoms with van der Waals surface area (Å²) in [5.74, 6) is 0. The standard InChI is InChI=1S/C24H32N2O5/c27-18-17-26(24(29)31-20-22-13-7-4-8-14-22)16-10-2-1-9-15-25-23(28)30-19-21-11-5-3-6-12-21/h3-8,11-14,27H,1-2,9-10,15-20H2,(H,25,28). The predicted octanol–water partition coefficient (Wildman–Crippen LogP) is 4.10. The van der Waals surface area contributed by atoms with Gasteiger partial charge in [-0.3, -0.25) is 0 Å². The number of amides is 2. The molecule has 7 heteroatoms. The van der Waals surface area contributed by atoms with E-state index >= 15 is 0 Å². The summed E-state index contributed by atoms with van der Waals surface area (Å²) in [4.78, 5) is 25.5. The van der Waals surface area contributed by atoms with Crippen molar-refractivity contribution in [1.82, 2.24) is 10.2 Å². The highest BCUT2D eigenvalue weighted by Crippen LogP contribution is 2.06. The van der Waals surface area contributed by atoms with Crippen LogP contribution in [0.4, 0.5) is 9.59 Å². The monoisotopic (exact) mass is 428 g/mol. The molecule has 0 aliphatic heterocycles. The average Bonchev–Trinajstić information content (AvgIpc) is 2.81. The van der Waals surface area contributed by atoms with Gasteiger partial charge in [0.05, 0.1) is 6.61 Å². The number of carbonyl (C=O) groups is 2. The zero-order chi connectivity index (χ0) is 22.2. The van der Waals surface area contributed by atoms with Crippen molar-refractivity contribution in [3.63, 3.8) is 0 Å². The van der Waals surface area contributed by atoms with Gasteiger partial charge in [0.1, 0.15) is 13.2 Å². The van der Waals surface area contributed by atoms with E-state index in [1.807, 2.05) is 60.7 Å². The summed E-state index contributed by atoms with van der Waals surface area (Å²) in [7, 11) is 0. The highest BCUT2D eigenvalue weighted by molar-refractivity contribution is 5.67. The van der Waals surface area contributed by atoms with Crippen LogP contribution in [0, 0.1) is 0 Å². The fourth-order valence-corrected chi connectivity index (χ4v) is 2.97. The first kappa shape index (κ1) is 24.2. The fraction of sp³-hybridized carbons (Fsp3) is 0.417. The zero-order valence-corrected chi connectivity index (χ0v) is 17.9. The molecule has 0 aliphatic rings. The highest BCUT2D eigenvalue weighted by atomic mass is 16.6. The van der Waals surface area contributed by atoms with Gasteiger partial charge in [-0.05, 0) is 24.0 Å². The van der Waals surface area contributed by atoms with Gasteiger partial charge in [-0.1, -0.05) is 73.5 Å². The van der Waals surface area contributed by atoms with Crippen molar-refractivity contribution in [1.29, 1.82) is 0 Å². The van der Waals surface area contributed by atoms with Crippen LogP contribution in [0.5, 0.6) is 0 Å². The van der Waals surface area contributed by atoms with E-state index in [9.17, 15) is 14.7 Å². The quantitative estimate of drug-likeness (QED) is 0.469. The minimum Gasteiger partial charge on any atom is -0.445 e. The molecule has 2 aromatic rings. The molecule has 0 saturated carbocycles. The van der Waals surface area contributed by atoms with Gasteiger partial charge in [0.15, 0.2) is 0 Å². The van der Waals surface area contributed by atoms with Gasteiger partial charge in [0, 0.05) is 19.6 Å². The maximum Gasteiger partial charge on any atom is 0.410 e. The lowest BCUT2D eigenvalue weighted by atomic mass is 10.2. The van der Waals surface area contributed by atoms with Crippen LogP contribution in [-0.4, -0.2) is 48.4 Å². The molecule has 0 fully saturated rings. The molecule has 0 heterocycles. The Balaban J connectivity index is 1.53. The van der Waals surface area contributed by atoms with Crippen molar-refractivity contribution >= 4 is 12.2 Å². The molecular formula is C24H32N2O5. The van der Waals surface area contributed by atoms with Gasteiger partial charge in [0.2, 0.25) is 0 Å². The van der Waals surface area contributed by atoms with Gasteiger partial charge in [-0.15, -0.1) is 0 Å². The van der Waals surface area contributed by atoms with Gasteiger partial charge in [0.25, 0.3) is 0 Å². The first-order valence-corrected chi connectivity index (χ1v) is 10.7. The molecule has 0 unspecified atom stereocenters. The molecule has 0 bridgehead atoms. The van der Waals surface area contributed by atoms with Gasteiger partial charge < -0.3 is 24.8 Å². The minimum absolute atomic E-state index is 0.102. The molecule has 2 rings (SSSR count). The number of rotatable bonds is 13. The topological polar surface area (TPSA) is 88.1 Å². The Kier molecular flexibility index (Phi) is 11.6. The maximum atomic E-state index is 12.2. The zero-order valence-electron chi connectivity index (χ0n) is 17.9. The number of carbonyl (C=O) groups excluding carboxylic acids is 2. The van der Waals surface area contributed by atoms with Gasteiger partial charge in [-0.25, -0.2) is 9.59 Å². The summed E-state index contributed by atoms with van der Waals surface area (Å²) in [5.41, 5.74) is 1.88. The van der Waals surface area contributed by atoms with Crippen molar-refractivity contribution in [2.75, 3.05) is 26.2 Å². The van der Waals surface area contributed by atoms with E-state index < -0.39 is 12.2 Å². The van der Waals surface area contributed by atoms with Crippen molar-refractivity contribution in [2.45, 2.75) is 38.9 Å². The smallest absolute Gasteiger partial charge is 0.410 e. The molecule has 0 aliphatic carbocycles. The average molecular weight is 429 g/mol. The summed E-state index contributed by atoms with van der Waals surface area (Å²) in [6.45, 7) is 1.70. The lowest BCUT2D eigenvalue weighted by Gasteiger charge is -2.21. The summed E-state index contributed by atoms with van der Waals surface area (Å²) >= 11 is 0. The number of benzene rings is 2. The molecular weight excluding hydrogens is 396 g/mol. The molecule has 0 saturated heterocycles. The van der Waals surface area contributed by atoms with Crippen molar-refractivity contribution in [3.05, 3.63) is 71.8 Å². The number of hydrogen-bond acceptors (Lipinski definition) is 5. The molecule has 2 aromatic carbocycles. The van der Waals surface area contributed by atoms with Crippen LogP contribution in [0.3, 0.4) is 0 Å². The lowest BCUT2D eigenvalue weighted by molar-refractivity contribution is 0.0878. The van der Waals surface area contributed by atoms with Crippen LogP contribution in [0.15, 0.2) is 60.7 Å². The number of ether oxygens (including phenoxy) is 2. The second-order valence-electron chi connectivity index (χ2n) is 7.15. The van der Waals surface area contributed by atoms with Crippen molar-refractivity contribution in [2.24, 2.45) is 0 Å². The summed E-state index contributed by atoms with van der Waals surface area (Å²) in [6, 6.07) is 19.0. The molecule has 2 amide bonds. The number of aliphatic hydroxyl groups is 1.